The Hall–Kier alpha value is -2.17. The van der Waals surface area contributed by atoms with Crippen LogP contribution < -0.4 is 11.3 Å². The second kappa shape index (κ2) is 2.20. The van der Waals surface area contributed by atoms with Gasteiger partial charge in [-0.3, -0.25) is 0 Å². The number of aromatic nitrogens is 2. The number of para-hydroxylation sites is 1. The van der Waals surface area contributed by atoms with Crippen LogP contribution in [0.1, 0.15) is 0 Å². The molecule has 0 saturated heterocycles. The Kier molecular flexibility index (Phi) is 1.14. The van der Waals surface area contributed by atoms with E-state index in [1.54, 1.807) is 18.2 Å². The van der Waals surface area contributed by atoms with Gasteiger partial charge in [-0.2, -0.15) is 0 Å². The van der Waals surface area contributed by atoms with Gasteiger partial charge in [-0.15, -0.1) is 0 Å². The fraction of sp³-hybridized carbons (Fsp3) is 0. The summed E-state index contributed by atoms with van der Waals surface area (Å²) in [4.78, 5) is 29.3. The number of benzene rings is 1. The summed E-state index contributed by atoms with van der Waals surface area (Å²) < 4.78 is 4.52. The Balaban J connectivity index is 2.89. The molecule has 0 amide bonds. The molecular weight excluding hydrogens is 184 g/mol. The topological polar surface area (TPSA) is 76.0 Å². The maximum Gasteiger partial charge on any atom is 0.382 e. The van der Waals surface area contributed by atoms with Gasteiger partial charge in [-0.05, 0) is 12.1 Å². The molecule has 1 N–H and O–H groups in total. The minimum Gasteiger partial charge on any atom is -0.383 e. The van der Waals surface area contributed by atoms with Gasteiger partial charge in [0.2, 0.25) is 5.65 Å². The molecule has 0 fully saturated rings. The third kappa shape index (κ3) is 0.756. The van der Waals surface area contributed by atoms with Crippen molar-refractivity contribution in [2.75, 3.05) is 0 Å². The van der Waals surface area contributed by atoms with E-state index in [1.165, 1.54) is 0 Å². The summed E-state index contributed by atoms with van der Waals surface area (Å²) in [5, 5.41) is 0.316. The molecule has 2 bridgehead atoms. The molecule has 0 spiro atoms. The molecule has 1 aromatic carbocycles. The number of fused-ring (bicyclic) bond motifs is 1. The Bertz CT molecular complexity index is 726. The lowest BCUT2D eigenvalue weighted by Gasteiger charge is -1.87. The van der Waals surface area contributed by atoms with Gasteiger partial charge < -0.3 is 9.40 Å². The minimum absolute atomic E-state index is 0.0679. The van der Waals surface area contributed by atoms with E-state index in [1.807, 2.05) is 0 Å². The van der Waals surface area contributed by atoms with Crippen LogP contribution in [0.2, 0.25) is 0 Å². The minimum atomic E-state index is -0.735. The van der Waals surface area contributed by atoms with Gasteiger partial charge in [-0.1, -0.05) is 6.07 Å². The first-order valence-electron chi connectivity index (χ1n) is 4.01. The Morgan fingerprint density at radius 1 is 1.21 bits per heavy atom. The largest absolute Gasteiger partial charge is 0.383 e. The van der Waals surface area contributed by atoms with Crippen molar-refractivity contribution >= 4 is 22.1 Å². The van der Waals surface area contributed by atoms with E-state index in [4.69, 9.17) is 0 Å². The van der Waals surface area contributed by atoms with Crippen LogP contribution in [-0.4, -0.2) is 9.97 Å². The first kappa shape index (κ1) is 7.25. The highest BCUT2D eigenvalue weighted by Crippen LogP contribution is 2.14. The number of nitrogens with zero attached hydrogens (tertiary/aromatic N) is 1. The maximum atomic E-state index is 11.3. The van der Waals surface area contributed by atoms with Crippen LogP contribution in [0.15, 0.2) is 32.2 Å². The summed E-state index contributed by atoms with van der Waals surface area (Å²) in [6.45, 7) is 0. The Morgan fingerprint density at radius 2 is 2.07 bits per heavy atom. The lowest BCUT2D eigenvalue weighted by atomic mass is 10.2. The number of nitrogens with one attached hydrogen (secondary N) is 1. The van der Waals surface area contributed by atoms with Crippen molar-refractivity contribution in [1.82, 2.24) is 9.97 Å². The molecule has 68 valence electrons. The van der Waals surface area contributed by atoms with E-state index in [-0.39, 0.29) is 5.65 Å². The third-order valence-electron chi connectivity index (χ3n) is 2.11. The molecule has 2 aromatic heterocycles. The highest BCUT2D eigenvalue weighted by molar-refractivity contribution is 5.93. The van der Waals surface area contributed by atoms with Crippen molar-refractivity contribution in [1.29, 1.82) is 0 Å². The Labute approximate surface area is 76.3 Å². The zero-order valence-electron chi connectivity index (χ0n) is 6.90. The lowest BCUT2D eigenvalue weighted by molar-refractivity contribution is 0.489. The number of rotatable bonds is 0. The molecule has 2 heterocycles. The first-order valence-corrected chi connectivity index (χ1v) is 4.01. The van der Waals surface area contributed by atoms with Gasteiger partial charge in [0.1, 0.15) is 5.52 Å². The predicted molar refractivity (Wildman–Crippen MR) is 49.6 cm³/mol. The summed E-state index contributed by atoms with van der Waals surface area (Å²) in [6, 6.07) is 5.03. The molecular formula is C9H4N2O3. The van der Waals surface area contributed by atoms with Gasteiger partial charge >= 0.3 is 11.3 Å². The molecule has 3 rings (SSSR count). The summed E-state index contributed by atoms with van der Waals surface area (Å²) >= 11 is 0. The highest BCUT2D eigenvalue weighted by Gasteiger charge is 2.09. The normalized spacial score (nSPS) is 11.4. The van der Waals surface area contributed by atoms with E-state index in [0.717, 1.165) is 0 Å². The summed E-state index contributed by atoms with van der Waals surface area (Å²) in [6.07, 6.45) is 0. The highest BCUT2D eigenvalue weighted by atomic mass is 16.4. The first-order chi connectivity index (χ1) is 6.75. The second-order valence-corrected chi connectivity index (χ2v) is 2.96. The molecule has 0 saturated carbocycles. The average Bonchev–Trinajstić information content (AvgIpc) is 2.55. The molecule has 0 radical (unpaired) electrons. The lowest BCUT2D eigenvalue weighted by Crippen LogP contribution is -2.06. The molecule has 14 heavy (non-hydrogen) atoms. The molecule has 5 nitrogen and oxygen atoms in total. The van der Waals surface area contributed by atoms with Crippen LogP contribution in [0.25, 0.3) is 22.1 Å². The van der Waals surface area contributed by atoms with E-state index in [0.29, 0.717) is 16.4 Å². The molecule has 0 aliphatic heterocycles. The van der Waals surface area contributed by atoms with Crippen molar-refractivity contribution in [2.45, 2.75) is 0 Å². The van der Waals surface area contributed by atoms with Crippen LogP contribution >= 0.6 is 0 Å². The maximum absolute atomic E-state index is 11.3. The van der Waals surface area contributed by atoms with E-state index in [2.05, 4.69) is 14.4 Å². The number of imidazole rings is 1. The monoisotopic (exact) mass is 188 g/mol. The molecule has 3 aromatic rings. The standard InChI is InChI=1S/C9H4N2O3/c12-8-4-2-1-3-5-6(4)11-7(10-5)9(13)14-8/h1-3H,(H,10,11). The second-order valence-electron chi connectivity index (χ2n) is 2.96. The van der Waals surface area contributed by atoms with Gasteiger partial charge in [0.25, 0.3) is 0 Å². The van der Waals surface area contributed by atoms with Crippen LogP contribution in [0.4, 0.5) is 0 Å². The van der Waals surface area contributed by atoms with E-state index < -0.39 is 11.3 Å². The van der Waals surface area contributed by atoms with Crippen molar-refractivity contribution in [3.63, 3.8) is 0 Å². The van der Waals surface area contributed by atoms with Crippen molar-refractivity contribution in [3.8, 4) is 0 Å². The van der Waals surface area contributed by atoms with Crippen LogP contribution in [-0.2, 0) is 0 Å². The van der Waals surface area contributed by atoms with Crippen LogP contribution in [0.3, 0.4) is 0 Å². The smallest absolute Gasteiger partial charge is 0.382 e. The zero-order valence-corrected chi connectivity index (χ0v) is 6.90. The molecule has 5 heteroatoms. The predicted octanol–water partition coefficient (Wildman–Crippen LogP) is 0.467. The van der Waals surface area contributed by atoms with E-state index >= 15 is 0 Å². The van der Waals surface area contributed by atoms with Gasteiger partial charge in [-0.25, -0.2) is 14.6 Å². The number of hydrogen-bond donors (Lipinski definition) is 1. The van der Waals surface area contributed by atoms with E-state index in [9.17, 15) is 9.59 Å². The molecule has 0 unspecified atom stereocenters. The van der Waals surface area contributed by atoms with Gasteiger partial charge in [0.15, 0.2) is 0 Å². The molecule has 0 aliphatic rings. The fourth-order valence-electron chi connectivity index (χ4n) is 1.48. The fourth-order valence-corrected chi connectivity index (χ4v) is 1.48. The summed E-state index contributed by atoms with van der Waals surface area (Å²) in [5.41, 5.74) is -0.160. The Morgan fingerprint density at radius 3 is 2.93 bits per heavy atom. The quantitative estimate of drug-likeness (QED) is 0.556. The molecule has 0 aliphatic carbocycles. The third-order valence-corrected chi connectivity index (χ3v) is 2.11. The number of H-pyrrole nitrogens is 1. The summed E-state index contributed by atoms with van der Waals surface area (Å²) in [7, 11) is 0. The van der Waals surface area contributed by atoms with Gasteiger partial charge in [0.05, 0.1) is 10.9 Å². The molecule has 0 atom stereocenters. The van der Waals surface area contributed by atoms with Crippen LogP contribution in [0.5, 0.6) is 0 Å². The van der Waals surface area contributed by atoms with Crippen molar-refractivity contribution in [3.05, 3.63) is 39.0 Å². The zero-order chi connectivity index (χ0) is 9.71. The van der Waals surface area contributed by atoms with Crippen LogP contribution in [0, 0.1) is 0 Å². The number of aromatic amines is 1. The average molecular weight is 188 g/mol. The van der Waals surface area contributed by atoms with Gasteiger partial charge in [0, 0.05) is 0 Å². The van der Waals surface area contributed by atoms with Crippen molar-refractivity contribution in [2.24, 2.45) is 0 Å². The summed E-state index contributed by atoms with van der Waals surface area (Å²) in [5.74, 6) is 0. The SMILES string of the molecule is O=c1oc(=O)c2cccc3[nH]c1nc32. The number of hydrogen-bond acceptors (Lipinski definition) is 4. The van der Waals surface area contributed by atoms with Crippen molar-refractivity contribution < 1.29 is 4.42 Å².